The minimum absolute atomic E-state index is 0. The van der Waals surface area contributed by atoms with Crippen molar-refractivity contribution in [1.82, 2.24) is 5.32 Å². The fourth-order valence-electron chi connectivity index (χ4n) is 3.49. The van der Waals surface area contributed by atoms with Gasteiger partial charge in [0.15, 0.2) is 0 Å². The van der Waals surface area contributed by atoms with Gasteiger partial charge in [0.05, 0.1) is 0 Å². The van der Waals surface area contributed by atoms with Gasteiger partial charge in [-0.25, -0.2) is 9.59 Å². The fraction of sp³-hybridized carbons (Fsp3) is 0.857. The quantitative estimate of drug-likeness (QED) is 0.288. The molecule has 1 rings (SSSR count). The van der Waals surface area contributed by atoms with Crippen LogP contribution in [0.5, 0.6) is 0 Å². The van der Waals surface area contributed by atoms with Crippen LogP contribution in [-0.2, 0) is 14.4 Å². The first-order valence-corrected chi connectivity index (χ1v) is 10.8. The van der Waals surface area contributed by atoms with Crippen LogP contribution in [0, 0.1) is 0 Å². The Morgan fingerprint density at radius 1 is 0.852 bits per heavy atom. The number of rotatable bonds is 15. The molecule has 0 spiro atoms. The van der Waals surface area contributed by atoms with Gasteiger partial charge in [0.2, 0.25) is 0 Å². The number of carbonyl (C=O) groups is 3. The van der Waals surface area contributed by atoms with Gasteiger partial charge in [-0.15, -0.1) is 0 Å². The smallest absolute Gasteiger partial charge is 0.387 e. The van der Waals surface area contributed by atoms with Crippen LogP contribution in [0.4, 0.5) is 0 Å². The van der Waals surface area contributed by atoms with E-state index in [1.165, 1.54) is 64.2 Å². The molecule has 0 aromatic rings. The van der Waals surface area contributed by atoms with E-state index in [2.05, 4.69) is 12.2 Å². The maximum absolute atomic E-state index is 12.0. The van der Waals surface area contributed by atoms with Crippen molar-refractivity contribution in [3.8, 4) is 0 Å². The van der Waals surface area contributed by atoms with Crippen LogP contribution in [0.25, 0.3) is 0 Å². The molecule has 0 aromatic carbocycles. The van der Waals surface area contributed by atoms with Crippen LogP contribution in [0.3, 0.4) is 0 Å². The number of ketones is 1. The standard InChI is InChI=1S/C21H38N2O3.ClH/c1-2-3-4-5-6-7-8-9-10-11-12-13-14-15-19(24)21(26)23-17-16-22-18-20(23)25;/h22H,2-18H2,1H3;1H. The minimum atomic E-state index is -0.532. The molecule has 0 aliphatic carbocycles. The third-order valence-corrected chi connectivity index (χ3v) is 5.21. The third-order valence-electron chi connectivity index (χ3n) is 5.21. The highest BCUT2D eigenvalue weighted by Gasteiger charge is 2.34. The Labute approximate surface area is 171 Å². The van der Waals surface area contributed by atoms with Gasteiger partial charge in [-0.05, 0) is 6.42 Å². The van der Waals surface area contributed by atoms with Gasteiger partial charge in [-0.3, -0.25) is 10.1 Å². The van der Waals surface area contributed by atoms with Gasteiger partial charge in [-0.2, -0.15) is 4.90 Å². The lowest BCUT2D eigenvalue weighted by Crippen LogP contribution is -3.20. The largest absolute Gasteiger partial charge is 1.00 e. The summed E-state index contributed by atoms with van der Waals surface area (Å²) >= 11 is 0. The minimum Gasteiger partial charge on any atom is -1.00 e. The van der Waals surface area contributed by atoms with E-state index in [0.717, 1.165) is 19.3 Å². The molecule has 1 saturated heterocycles. The number of Topliss-reactive ketones (excluding diaryl/α,β-unsaturated/α-hetero) is 1. The average Bonchev–Trinajstić information content (AvgIpc) is 2.65. The first kappa shape index (κ1) is 26.2. The second-order valence-electron chi connectivity index (χ2n) is 7.57. The zero-order valence-corrected chi connectivity index (χ0v) is 17.9. The Morgan fingerprint density at radius 2 is 1.33 bits per heavy atom. The highest BCUT2D eigenvalue weighted by atomic mass is 35.5. The van der Waals surface area contributed by atoms with E-state index >= 15 is 0 Å². The fourth-order valence-corrected chi connectivity index (χ4v) is 3.49. The molecule has 1 fully saturated rings. The normalized spacial score (nSPS) is 16.8. The lowest BCUT2D eigenvalue weighted by atomic mass is 10.0. The summed E-state index contributed by atoms with van der Waals surface area (Å²) in [4.78, 5) is 35.8. The predicted octanol–water partition coefficient (Wildman–Crippen LogP) is -0.418. The Hall–Kier alpha value is -0.780. The molecule has 0 radical (unpaired) electrons. The third kappa shape index (κ3) is 12.3. The van der Waals surface area contributed by atoms with Crippen molar-refractivity contribution in [3.63, 3.8) is 0 Å². The number of nitrogens with one attached hydrogen (secondary N) is 2. The van der Waals surface area contributed by atoms with Crippen molar-refractivity contribution < 1.29 is 31.7 Å². The van der Waals surface area contributed by atoms with Crippen LogP contribution < -0.4 is 22.6 Å². The number of amides is 2. The van der Waals surface area contributed by atoms with E-state index in [0.29, 0.717) is 19.5 Å². The molecule has 2 amide bonds. The summed E-state index contributed by atoms with van der Waals surface area (Å²) in [5.41, 5.74) is 0. The number of hydrogen-bond acceptors (Lipinski definition) is 4. The molecule has 5 nitrogen and oxygen atoms in total. The van der Waals surface area contributed by atoms with Crippen LogP contribution in [-0.4, -0.2) is 37.2 Å². The molecule has 27 heavy (non-hydrogen) atoms. The Balaban J connectivity index is 0.00000676. The molecule has 0 saturated carbocycles. The maximum atomic E-state index is 12.0. The Kier molecular flexibility index (Phi) is 16.8. The number of unbranched alkanes of at least 4 members (excludes halogenated alkanes) is 12. The summed E-state index contributed by atoms with van der Waals surface area (Å²) in [7, 11) is 0. The molecule has 1 heterocycles. The van der Waals surface area contributed by atoms with Gasteiger partial charge >= 0.3 is 11.8 Å². The van der Waals surface area contributed by atoms with E-state index in [1.54, 1.807) is 0 Å². The second-order valence-corrected chi connectivity index (χ2v) is 7.57. The molecule has 1 unspecified atom stereocenters. The monoisotopic (exact) mass is 402 g/mol. The predicted molar refractivity (Wildman–Crippen MR) is 104 cm³/mol. The van der Waals surface area contributed by atoms with Crippen molar-refractivity contribution in [1.29, 1.82) is 0 Å². The summed E-state index contributed by atoms with van der Waals surface area (Å²) in [6.45, 7) is 3.44. The van der Waals surface area contributed by atoms with Gasteiger partial charge in [0, 0.05) is 13.0 Å². The number of halogens is 1. The molecule has 6 heteroatoms. The molecule has 1 aliphatic rings. The van der Waals surface area contributed by atoms with E-state index in [9.17, 15) is 14.4 Å². The second kappa shape index (κ2) is 17.3. The van der Waals surface area contributed by atoms with Crippen LogP contribution in [0.2, 0.25) is 0 Å². The van der Waals surface area contributed by atoms with Gasteiger partial charge in [-0.1, -0.05) is 84.0 Å². The van der Waals surface area contributed by atoms with Crippen LogP contribution in [0.15, 0.2) is 0 Å². The van der Waals surface area contributed by atoms with E-state index < -0.39 is 5.91 Å². The first-order valence-electron chi connectivity index (χ1n) is 10.8. The van der Waals surface area contributed by atoms with Gasteiger partial charge < -0.3 is 12.4 Å². The van der Waals surface area contributed by atoms with Crippen LogP contribution >= 0.6 is 0 Å². The Morgan fingerprint density at radius 3 is 1.81 bits per heavy atom. The van der Waals surface area contributed by atoms with Crippen molar-refractivity contribution >= 4 is 17.6 Å². The maximum Gasteiger partial charge on any atom is 0.387 e. The highest BCUT2D eigenvalue weighted by Crippen LogP contribution is 2.12. The molecular weight excluding hydrogens is 364 g/mol. The first-order chi connectivity index (χ1) is 12.7. The topological polar surface area (TPSA) is 67.7 Å². The summed E-state index contributed by atoms with van der Waals surface area (Å²) in [5.74, 6) is -1.12. The molecule has 2 N–H and O–H groups in total. The highest BCUT2D eigenvalue weighted by molar-refractivity contribution is 6.33. The SMILES string of the molecule is CCCCCCCCCCCCCCCC(=O)C(=O)[NH+]1CCNCC1=O.[Cl-]. The van der Waals surface area contributed by atoms with E-state index in [-0.39, 0.29) is 35.5 Å². The van der Waals surface area contributed by atoms with E-state index in [4.69, 9.17) is 0 Å². The van der Waals surface area contributed by atoms with E-state index in [1.807, 2.05) is 0 Å². The Bertz CT molecular complexity index is 430. The van der Waals surface area contributed by atoms with Crippen LogP contribution in [0.1, 0.15) is 96.8 Å². The van der Waals surface area contributed by atoms with Gasteiger partial charge in [0.1, 0.15) is 13.1 Å². The summed E-state index contributed by atoms with van der Waals surface area (Å²) in [6.07, 6.45) is 16.6. The number of imide groups is 1. The summed E-state index contributed by atoms with van der Waals surface area (Å²) < 4.78 is 0. The molecular formula is C21H39ClN2O3. The number of carbonyl (C=O) groups excluding carboxylic acids is 3. The lowest BCUT2D eigenvalue weighted by Gasteiger charge is -2.18. The molecule has 0 bridgehead atoms. The molecule has 0 aromatic heterocycles. The van der Waals surface area contributed by atoms with Crippen molar-refractivity contribution in [2.45, 2.75) is 96.8 Å². The van der Waals surface area contributed by atoms with Crippen molar-refractivity contribution in [3.05, 3.63) is 0 Å². The molecule has 1 atom stereocenters. The zero-order chi connectivity index (χ0) is 19.0. The molecule has 1 aliphatic heterocycles. The number of piperazine rings is 1. The van der Waals surface area contributed by atoms with Gasteiger partial charge in [0.25, 0.3) is 5.78 Å². The van der Waals surface area contributed by atoms with Crippen molar-refractivity contribution in [2.75, 3.05) is 19.6 Å². The zero-order valence-electron chi connectivity index (χ0n) is 17.1. The summed E-state index contributed by atoms with van der Waals surface area (Å²) in [6, 6.07) is 0. The average molecular weight is 403 g/mol. The summed E-state index contributed by atoms with van der Waals surface area (Å²) in [5, 5.41) is 2.92. The van der Waals surface area contributed by atoms with Crippen molar-refractivity contribution in [2.24, 2.45) is 0 Å². The number of quaternary nitrogens is 1. The lowest BCUT2D eigenvalue weighted by molar-refractivity contribution is -0.736. The number of hydrogen-bond donors (Lipinski definition) is 2. The molecule has 158 valence electrons.